The number of halogens is 2. The number of carbonyl (C=O) groups excluding carboxylic acids is 3. The Morgan fingerprint density at radius 2 is 1.59 bits per heavy atom. The van der Waals surface area contributed by atoms with Gasteiger partial charge in [-0.1, -0.05) is 50.0 Å². The molecule has 0 fully saturated rings. The van der Waals surface area contributed by atoms with E-state index < -0.39 is 17.9 Å². The number of hydrogen-bond donors (Lipinski definition) is 4. The summed E-state index contributed by atoms with van der Waals surface area (Å²) < 4.78 is 0. The highest BCUT2D eigenvalue weighted by atomic mass is 35.5. The number of carbonyl (C=O) groups is 3. The van der Waals surface area contributed by atoms with Gasteiger partial charge in [-0.3, -0.25) is 14.4 Å². The predicted octanol–water partition coefficient (Wildman–Crippen LogP) is 4.81. The van der Waals surface area contributed by atoms with Gasteiger partial charge in [-0.25, -0.2) is 0 Å². The fourth-order valence-corrected chi connectivity index (χ4v) is 4.36. The van der Waals surface area contributed by atoms with Crippen molar-refractivity contribution >= 4 is 46.6 Å². The largest absolute Gasteiger partial charge is 0.357 e. The van der Waals surface area contributed by atoms with Gasteiger partial charge < -0.3 is 16.0 Å². The summed E-state index contributed by atoms with van der Waals surface area (Å²) in [5, 5.41) is 22.8. The van der Waals surface area contributed by atoms with Crippen molar-refractivity contribution in [3.8, 4) is 11.4 Å². The summed E-state index contributed by atoms with van der Waals surface area (Å²) in [7, 11) is 1.49. The summed E-state index contributed by atoms with van der Waals surface area (Å²) in [6, 6.07) is 16.1. The maximum absolute atomic E-state index is 13.5. The molecule has 41 heavy (non-hydrogen) atoms. The molecule has 4 rings (SSSR count). The molecule has 3 aromatic carbocycles. The summed E-state index contributed by atoms with van der Waals surface area (Å²) in [5.74, 6) is -0.830. The van der Waals surface area contributed by atoms with Crippen LogP contribution in [0.15, 0.2) is 60.7 Å². The Balaban J connectivity index is 1.58. The van der Waals surface area contributed by atoms with Gasteiger partial charge in [0.2, 0.25) is 11.7 Å². The first-order valence-electron chi connectivity index (χ1n) is 12.7. The Morgan fingerprint density at radius 3 is 2.17 bits per heavy atom. The first-order chi connectivity index (χ1) is 19.4. The van der Waals surface area contributed by atoms with Gasteiger partial charge in [0.15, 0.2) is 0 Å². The van der Waals surface area contributed by atoms with Crippen LogP contribution in [-0.4, -0.2) is 51.4 Å². The summed E-state index contributed by atoms with van der Waals surface area (Å²) in [4.78, 5) is 39.4. The molecule has 3 amide bonds. The second-order valence-corrected chi connectivity index (χ2v) is 11.2. The SMILES string of the molecule is CNC(=O)C(Cc1ccc(Cl)c(Cl)c1)NC(=O)c1cc(C(=O)Nc2ccc(-c3nn[nH]n3)cc2)cc(C(C)(C)C)c1. The van der Waals surface area contributed by atoms with E-state index in [1.54, 1.807) is 54.6 Å². The lowest BCUT2D eigenvalue weighted by Crippen LogP contribution is -2.47. The van der Waals surface area contributed by atoms with Crippen LogP contribution in [0.4, 0.5) is 5.69 Å². The van der Waals surface area contributed by atoms with E-state index >= 15 is 0 Å². The van der Waals surface area contributed by atoms with E-state index in [0.29, 0.717) is 27.1 Å². The van der Waals surface area contributed by atoms with Gasteiger partial charge in [-0.05, 0) is 76.4 Å². The van der Waals surface area contributed by atoms with Crippen LogP contribution < -0.4 is 16.0 Å². The number of H-pyrrole nitrogens is 1. The monoisotopic (exact) mass is 593 g/mol. The summed E-state index contributed by atoms with van der Waals surface area (Å²) >= 11 is 12.2. The van der Waals surface area contributed by atoms with E-state index in [-0.39, 0.29) is 23.3 Å². The minimum absolute atomic E-state index is 0.189. The Bertz CT molecular complexity index is 1570. The van der Waals surface area contributed by atoms with E-state index in [2.05, 4.69) is 36.6 Å². The van der Waals surface area contributed by atoms with Gasteiger partial charge in [0.25, 0.3) is 11.8 Å². The van der Waals surface area contributed by atoms with Gasteiger partial charge in [0.1, 0.15) is 6.04 Å². The van der Waals surface area contributed by atoms with Gasteiger partial charge in [0, 0.05) is 35.8 Å². The van der Waals surface area contributed by atoms with Crippen molar-refractivity contribution in [3.05, 3.63) is 93.0 Å². The molecule has 1 aromatic heterocycles. The number of likely N-dealkylation sites (N-methyl/N-ethyl adjacent to an activating group) is 1. The highest BCUT2D eigenvalue weighted by molar-refractivity contribution is 6.42. The molecule has 1 unspecified atom stereocenters. The first-order valence-corrected chi connectivity index (χ1v) is 13.5. The molecule has 0 aliphatic carbocycles. The Hall–Kier alpha value is -4.28. The lowest BCUT2D eigenvalue weighted by atomic mass is 9.84. The number of tetrazole rings is 1. The second kappa shape index (κ2) is 12.5. The zero-order valence-corrected chi connectivity index (χ0v) is 24.4. The van der Waals surface area contributed by atoms with Gasteiger partial charge >= 0.3 is 0 Å². The third-order valence-corrected chi connectivity index (χ3v) is 7.10. The van der Waals surface area contributed by atoms with Gasteiger partial charge in [-0.2, -0.15) is 5.21 Å². The molecule has 0 bridgehead atoms. The average Bonchev–Trinajstić information content (AvgIpc) is 3.49. The quantitative estimate of drug-likeness (QED) is 0.231. The number of anilines is 1. The van der Waals surface area contributed by atoms with Crippen LogP contribution in [0.3, 0.4) is 0 Å². The van der Waals surface area contributed by atoms with E-state index in [1.807, 2.05) is 20.8 Å². The highest BCUT2D eigenvalue weighted by Gasteiger charge is 2.24. The molecule has 1 atom stereocenters. The van der Waals surface area contributed by atoms with Crippen LogP contribution in [0.5, 0.6) is 0 Å². The highest BCUT2D eigenvalue weighted by Crippen LogP contribution is 2.26. The molecule has 0 saturated carbocycles. The van der Waals surface area contributed by atoms with E-state index in [4.69, 9.17) is 23.2 Å². The van der Waals surface area contributed by atoms with Crippen LogP contribution >= 0.6 is 23.2 Å². The molecule has 12 heteroatoms. The van der Waals surface area contributed by atoms with E-state index in [0.717, 1.165) is 16.7 Å². The molecular formula is C29H29Cl2N7O3. The van der Waals surface area contributed by atoms with Crippen LogP contribution in [0, 0.1) is 0 Å². The van der Waals surface area contributed by atoms with Gasteiger partial charge in [-0.15, -0.1) is 10.2 Å². The van der Waals surface area contributed by atoms with Crippen molar-refractivity contribution in [2.45, 2.75) is 38.6 Å². The number of aromatic nitrogens is 4. The molecule has 0 aliphatic heterocycles. The van der Waals surface area contributed by atoms with Crippen molar-refractivity contribution in [1.82, 2.24) is 31.3 Å². The third-order valence-electron chi connectivity index (χ3n) is 6.36. The molecule has 4 N–H and O–H groups in total. The molecular weight excluding hydrogens is 565 g/mol. The van der Waals surface area contributed by atoms with Crippen molar-refractivity contribution in [2.75, 3.05) is 12.4 Å². The Labute approximate surface area is 247 Å². The Morgan fingerprint density at radius 1 is 0.902 bits per heavy atom. The normalized spacial score (nSPS) is 12.0. The smallest absolute Gasteiger partial charge is 0.255 e. The number of nitrogens with one attached hydrogen (secondary N) is 4. The fourth-order valence-electron chi connectivity index (χ4n) is 4.04. The first kappa shape index (κ1) is 29.7. The average molecular weight is 595 g/mol. The zero-order valence-electron chi connectivity index (χ0n) is 22.9. The summed E-state index contributed by atoms with van der Waals surface area (Å²) in [5.41, 5.74) is 2.97. The van der Waals surface area contributed by atoms with Crippen LogP contribution in [0.25, 0.3) is 11.4 Å². The minimum atomic E-state index is -0.891. The van der Waals surface area contributed by atoms with Crippen molar-refractivity contribution in [1.29, 1.82) is 0 Å². The maximum atomic E-state index is 13.5. The topological polar surface area (TPSA) is 142 Å². The number of rotatable bonds is 8. The lowest BCUT2D eigenvalue weighted by Gasteiger charge is -2.22. The zero-order chi connectivity index (χ0) is 29.7. The molecule has 212 valence electrons. The van der Waals surface area contributed by atoms with Crippen molar-refractivity contribution in [3.63, 3.8) is 0 Å². The van der Waals surface area contributed by atoms with E-state index in [1.165, 1.54) is 13.1 Å². The molecule has 0 aliphatic rings. The molecule has 1 heterocycles. The molecule has 0 spiro atoms. The number of amides is 3. The fraction of sp³-hybridized carbons (Fsp3) is 0.241. The van der Waals surface area contributed by atoms with Crippen LogP contribution in [0.1, 0.15) is 52.6 Å². The summed E-state index contributed by atoms with van der Waals surface area (Å²) in [6.07, 6.45) is 0.189. The molecule has 0 saturated heterocycles. The number of nitrogens with zero attached hydrogens (tertiary/aromatic N) is 3. The predicted molar refractivity (Wildman–Crippen MR) is 158 cm³/mol. The number of aromatic amines is 1. The Kier molecular flexibility index (Phi) is 9.05. The van der Waals surface area contributed by atoms with Crippen molar-refractivity contribution in [2.24, 2.45) is 0 Å². The standard InChI is InChI=1S/C29H29Cl2N7O3/c1-29(2,3)20-14-18(26(39)33-21-8-6-17(7-9-21)25-35-37-38-36-25)13-19(15-20)27(40)34-24(28(41)32-4)12-16-5-10-22(30)23(31)11-16/h5-11,13-15,24H,12H2,1-4H3,(H,32,41)(H,33,39)(H,34,40)(H,35,36,37,38). The number of hydrogen-bond acceptors (Lipinski definition) is 6. The van der Waals surface area contributed by atoms with Gasteiger partial charge in [0.05, 0.1) is 10.0 Å². The molecule has 4 aromatic rings. The van der Waals surface area contributed by atoms with Crippen LogP contribution in [0.2, 0.25) is 10.0 Å². The molecule has 10 nitrogen and oxygen atoms in total. The second-order valence-electron chi connectivity index (χ2n) is 10.4. The minimum Gasteiger partial charge on any atom is -0.357 e. The third kappa shape index (κ3) is 7.47. The maximum Gasteiger partial charge on any atom is 0.255 e. The number of benzene rings is 3. The van der Waals surface area contributed by atoms with Crippen LogP contribution in [-0.2, 0) is 16.6 Å². The van der Waals surface area contributed by atoms with Crippen molar-refractivity contribution < 1.29 is 14.4 Å². The summed E-state index contributed by atoms with van der Waals surface area (Å²) in [6.45, 7) is 5.96. The molecule has 0 radical (unpaired) electrons. The lowest BCUT2D eigenvalue weighted by molar-refractivity contribution is -0.122. The van der Waals surface area contributed by atoms with E-state index in [9.17, 15) is 14.4 Å².